The van der Waals surface area contributed by atoms with E-state index < -0.39 is 0 Å². The van der Waals surface area contributed by atoms with Gasteiger partial charge in [-0.1, -0.05) is 44.0 Å². The lowest BCUT2D eigenvalue weighted by molar-refractivity contribution is -0.126. The van der Waals surface area contributed by atoms with E-state index in [0.717, 1.165) is 12.2 Å². The molecule has 0 amide bonds. The van der Waals surface area contributed by atoms with Crippen LogP contribution in [0.4, 0.5) is 5.69 Å². The van der Waals surface area contributed by atoms with Gasteiger partial charge in [-0.15, -0.1) is 0 Å². The predicted molar refractivity (Wildman–Crippen MR) is 88.4 cm³/mol. The predicted octanol–water partition coefficient (Wildman–Crippen LogP) is 3.69. The van der Waals surface area contributed by atoms with Gasteiger partial charge in [-0.25, -0.2) is 0 Å². The van der Waals surface area contributed by atoms with Crippen molar-refractivity contribution in [3.05, 3.63) is 28.2 Å². The molecule has 0 unspecified atom stereocenters. The minimum atomic E-state index is -0.356. The number of halogens is 2. The normalized spacial score (nSPS) is 15.1. The molecule has 0 radical (unpaired) electrons. The van der Waals surface area contributed by atoms with Crippen LogP contribution in [-0.4, -0.2) is 36.3 Å². The van der Waals surface area contributed by atoms with Crippen LogP contribution in [0.15, 0.2) is 23.2 Å². The molecular weight excluding hydrogens is 309 g/mol. The second-order valence-electron chi connectivity index (χ2n) is 6.05. The van der Waals surface area contributed by atoms with Gasteiger partial charge in [-0.3, -0.25) is 9.79 Å². The topological polar surface area (TPSA) is 44.7 Å². The largest absolute Gasteiger partial charge is 0.334 e. The molecule has 0 aliphatic carbocycles. The van der Waals surface area contributed by atoms with Crippen LogP contribution in [0.5, 0.6) is 0 Å². The van der Waals surface area contributed by atoms with Crippen molar-refractivity contribution >= 4 is 40.6 Å². The van der Waals surface area contributed by atoms with E-state index in [0.29, 0.717) is 29.1 Å². The molecule has 0 saturated heterocycles. The number of guanidine groups is 1. The minimum absolute atomic E-state index is 0.182. The molecule has 0 bridgehead atoms. The van der Waals surface area contributed by atoms with Gasteiger partial charge in [0.2, 0.25) is 0 Å². The van der Waals surface area contributed by atoms with E-state index in [-0.39, 0.29) is 11.2 Å². The Morgan fingerprint density at radius 1 is 1.38 bits per heavy atom. The van der Waals surface area contributed by atoms with Crippen molar-refractivity contribution in [1.29, 1.82) is 0 Å². The Balaban J connectivity index is 2.07. The van der Waals surface area contributed by atoms with Crippen molar-refractivity contribution in [2.75, 3.05) is 25.0 Å². The molecule has 21 heavy (non-hydrogen) atoms. The van der Waals surface area contributed by atoms with Gasteiger partial charge in [0.05, 0.1) is 23.8 Å². The third-order valence-electron chi connectivity index (χ3n) is 3.28. The highest BCUT2D eigenvalue weighted by Crippen LogP contribution is 2.26. The van der Waals surface area contributed by atoms with E-state index >= 15 is 0 Å². The van der Waals surface area contributed by atoms with E-state index in [1.165, 1.54) is 0 Å². The standard InChI is InChI=1S/C15H19Cl2N3O/c1-15(2,3)13(21)9-20-7-6-18-14(20)19-12-5-4-10(16)8-11(12)17/h4-5,8H,6-7,9H2,1-3H3,(H,18,19). The summed E-state index contributed by atoms with van der Waals surface area (Å²) in [6, 6.07) is 5.23. The van der Waals surface area contributed by atoms with Gasteiger partial charge in [0.1, 0.15) is 0 Å². The Hall–Kier alpha value is -1.26. The van der Waals surface area contributed by atoms with Crippen LogP contribution in [0.1, 0.15) is 20.8 Å². The molecule has 1 aromatic carbocycles. The molecule has 114 valence electrons. The number of benzene rings is 1. The highest BCUT2D eigenvalue weighted by molar-refractivity contribution is 6.36. The smallest absolute Gasteiger partial charge is 0.199 e. The highest BCUT2D eigenvalue weighted by Gasteiger charge is 2.27. The number of rotatable bonds is 3. The van der Waals surface area contributed by atoms with Crippen LogP contribution in [0.2, 0.25) is 10.0 Å². The second kappa shape index (κ2) is 6.24. The summed E-state index contributed by atoms with van der Waals surface area (Å²) in [6.45, 7) is 7.52. The highest BCUT2D eigenvalue weighted by atomic mass is 35.5. The number of carbonyl (C=O) groups excluding carboxylic acids is 1. The number of ketones is 1. The van der Waals surface area contributed by atoms with Crippen molar-refractivity contribution in [3.8, 4) is 0 Å². The Morgan fingerprint density at radius 2 is 2.10 bits per heavy atom. The molecule has 1 N–H and O–H groups in total. The first-order valence-electron chi connectivity index (χ1n) is 6.82. The summed E-state index contributed by atoms with van der Waals surface area (Å²) in [5.74, 6) is 0.859. The summed E-state index contributed by atoms with van der Waals surface area (Å²) in [6.07, 6.45) is 0. The summed E-state index contributed by atoms with van der Waals surface area (Å²) in [7, 11) is 0. The summed E-state index contributed by atoms with van der Waals surface area (Å²) in [4.78, 5) is 18.5. The Kier molecular flexibility index (Phi) is 4.79. The third-order valence-corrected chi connectivity index (χ3v) is 3.83. The first kappa shape index (κ1) is 16.1. The van der Waals surface area contributed by atoms with Gasteiger partial charge in [0.25, 0.3) is 0 Å². The molecule has 1 aliphatic rings. The first-order chi connectivity index (χ1) is 9.77. The van der Waals surface area contributed by atoms with Crippen molar-refractivity contribution in [2.45, 2.75) is 20.8 Å². The summed E-state index contributed by atoms with van der Waals surface area (Å²) in [5, 5.41) is 4.29. The molecule has 1 heterocycles. The molecule has 0 aromatic heterocycles. The van der Waals surface area contributed by atoms with Gasteiger partial charge in [-0.2, -0.15) is 0 Å². The van der Waals surface area contributed by atoms with Crippen LogP contribution < -0.4 is 5.32 Å². The maximum atomic E-state index is 12.2. The van der Waals surface area contributed by atoms with Gasteiger partial charge in [0.15, 0.2) is 11.7 Å². The fourth-order valence-corrected chi connectivity index (χ4v) is 2.33. The maximum Gasteiger partial charge on any atom is 0.199 e. The van der Waals surface area contributed by atoms with E-state index in [1.54, 1.807) is 18.2 Å². The van der Waals surface area contributed by atoms with Gasteiger partial charge in [0, 0.05) is 17.0 Å². The summed E-state index contributed by atoms with van der Waals surface area (Å²) >= 11 is 12.0. The Bertz CT molecular complexity index is 579. The summed E-state index contributed by atoms with van der Waals surface area (Å²) < 4.78 is 0. The number of anilines is 1. The zero-order chi connectivity index (χ0) is 15.6. The molecule has 0 atom stereocenters. The van der Waals surface area contributed by atoms with E-state index in [4.69, 9.17) is 23.2 Å². The molecule has 1 aliphatic heterocycles. The molecule has 6 heteroatoms. The average Bonchev–Trinajstić information content (AvgIpc) is 2.79. The number of hydrogen-bond donors (Lipinski definition) is 1. The number of carbonyl (C=O) groups is 1. The lowest BCUT2D eigenvalue weighted by Crippen LogP contribution is -2.40. The lowest BCUT2D eigenvalue weighted by atomic mass is 9.90. The fourth-order valence-electron chi connectivity index (χ4n) is 1.88. The van der Waals surface area contributed by atoms with Crippen molar-refractivity contribution in [1.82, 2.24) is 4.90 Å². The Labute approximate surface area is 135 Å². The van der Waals surface area contributed by atoms with Gasteiger partial charge < -0.3 is 10.2 Å². The molecule has 1 aromatic rings. The maximum absolute atomic E-state index is 12.2. The molecule has 4 nitrogen and oxygen atoms in total. The number of nitrogens with zero attached hydrogens (tertiary/aromatic N) is 2. The van der Waals surface area contributed by atoms with Crippen LogP contribution in [0, 0.1) is 5.41 Å². The average molecular weight is 328 g/mol. The second-order valence-corrected chi connectivity index (χ2v) is 6.89. The number of aliphatic imine (C=N–C) groups is 1. The molecular formula is C15H19Cl2N3O. The number of nitrogens with one attached hydrogen (secondary N) is 1. The fraction of sp³-hybridized carbons (Fsp3) is 0.467. The molecule has 0 spiro atoms. The molecule has 0 saturated carbocycles. The van der Waals surface area contributed by atoms with Crippen LogP contribution in [0.25, 0.3) is 0 Å². The lowest BCUT2D eigenvalue weighted by Gasteiger charge is -2.25. The zero-order valence-corrected chi connectivity index (χ0v) is 13.9. The minimum Gasteiger partial charge on any atom is -0.334 e. The van der Waals surface area contributed by atoms with Crippen molar-refractivity contribution in [2.24, 2.45) is 10.4 Å². The monoisotopic (exact) mass is 327 g/mol. The van der Waals surface area contributed by atoms with Crippen LogP contribution in [-0.2, 0) is 4.79 Å². The summed E-state index contributed by atoms with van der Waals surface area (Å²) in [5.41, 5.74) is 0.376. The number of hydrogen-bond acceptors (Lipinski definition) is 4. The van der Waals surface area contributed by atoms with Crippen molar-refractivity contribution < 1.29 is 4.79 Å². The van der Waals surface area contributed by atoms with Crippen molar-refractivity contribution in [3.63, 3.8) is 0 Å². The molecule has 0 fully saturated rings. The van der Waals surface area contributed by atoms with Gasteiger partial charge in [-0.05, 0) is 18.2 Å². The molecule has 2 rings (SSSR count). The quantitative estimate of drug-likeness (QED) is 0.920. The van der Waals surface area contributed by atoms with E-state index in [2.05, 4.69) is 10.3 Å². The van der Waals surface area contributed by atoms with Gasteiger partial charge >= 0.3 is 0 Å². The van der Waals surface area contributed by atoms with Crippen LogP contribution in [0.3, 0.4) is 0 Å². The van der Waals surface area contributed by atoms with E-state index in [1.807, 2.05) is 25.7 Å². The third kappa shape index (κ3) is 4.11. The SMILES string of the molecule is CC(C)(C)C(=O)CN1CCN=C1Nc1ccc(Cl)cc1Cl. The first-order valence-corrected chi connectivity index (χ1v) is 7.58. The zero-order valence-electron chi connectivity index (χ0n) is 12.4. The van der Waals surface area contributed by atoms with Crippen LogP contribution >= 0.6 is 23.2 Å². The Morgan fingerprint density at radius 3 is 2.71 bits per heavy atom. The van der Waals surface area contributed by atoms with E-state index in [9.17, 15) is 4.79 Å². The number of Topliss-reactive ketones (excluding diaryl/α,β-unsaturated/α-hetero) is 1.